The number of sulfone groups is 1. The minimum Gasteiger partial charge on any atom is -0.346 e. The van der Waals surface area contributed by atoms with Gasteiger partial charge in [0.2, 0.25) is 0 Å². The maximum absolute atomic E-state index is 13.1. The van der Waals surface area contributed by atoms with E-state index in [1.165, 1.54) is 23.5 Å². The van der Waals surface area contributed by atoms with E-state index in [2.05, 4.69) is 15.6 Å². The maximum Gasteiger partial charge on any atom is 0.309 e. The standard InChI is InChI=1S/C20H19N3O4S2/c24-19(22-13-15-7-4-5-11-21-15)20(25)23-14-18(17-10-6-12-28-17)29(26,27)16-8-2-1-3-9-16/h1-12,18H,13-14H2,(H,22,24)(H,23,25)/t18-/m0/s1. The second-order valence-corrected chi connectivity index (χ2v) is 9.19. The number of benzene rings is 1. The minimum atomic E-state index is -3.75. The lowest BCUT2D eigenvalue weighted by Gasteiger charge is -2.17. The van der Waals surface area contributed by atoms with Crippen LogP contribution in [-0.4, -0.2) is 31.8 Å². The summed E-state index contributed by atoms with van der Waals surface area (Å²) in [6.45, 7) is -0.114. The number of hydrogen-bond donors (Lipinski definition) is 2. The van der Waals surface area contributed by atoms with E-state index in [1.807, 2.05) is 0 Å². The van der Waals surface area contributed by atoms with Crippen LogP contribution in [0.25, 0.3) is 0 Å². The van der Waals surface area contributed by atoms with Crippen molar-refractivity contribution in [2.24, 2.45) is 0 Å². The number of rotatable bonds is 7. The van der Waals surface area contributed by atoms with Crippen molar-refractivity contribution in [2.45, 2.75) is 16.7 Å². The molecule has 0 fully saturated rings. The molecule has 2 amide bonds. The van der Waals surface area contributed by atoms with Gasteiger partial charge in [0.15, 0.2) is 9.84 Å². The number of amides is 2. The lowest BCUT2D eigenvalue weighted by molar-refractivity contribution is -0.139. The summed E-state index contributed by atoms with van der Waals surface area (Å²) in [5.74, 6) is -1.75. The van der Waals surface area contributed by atoms with Crippen LogP contribution in [-0.2, 0) is 26.0 Å². The van der Waals surface area contributed by atoms with E-state index in [-0.39, 0.29) is 18.0 Å². The molecule has 150 valence electrons. The van der Waals surface area contributed by atoms with Gasteiger partial charge in [0.05, 0.1) is 17.1 Å². The highest BCUT2D eigenvalue weighted by atomic mass is 32.2. The third kappa shape index (κ3) is 5.27. The molecule has 2 heterocycles. The summed E-state index contributed by atoms with van der Waals surface area (Å²) in [4.78, 5) is 29.0. The zero-order valence-corrected chi connectivity index (χ0v) is 16.9. The molecule has 0 saturated carbocycles. The molecule has 1 atom stereocenters. The van der Waals surface area contributed by atoms with Gasteiger partial charge in [-0.25, -0.2) is 8.42 Å². The molecule has 1 aromatic carbocycles. The first-order chi connectivity index (χ1) is 14.0. The molecule has 0 aliphatic rings. The molecule has 7 nitrogen and oxygen atoms in total. The number of hydrogen-bond acceptors (Lipinski definition) is 6. The maximum atomic E-state index is 13.1. The molecule has 3 aromatic rings. The fraction of sp³-hybridized carbons (Fsp3) is 0.150. The molecule has 0 unspecified atom stereocenters. The van der Waals surface area contributed by atoms with Crippen molar-refractivity contribution >= 4 is 33.0 Å². The number of aromatic nitrogens is 1. The zero-order valence-electron chi connectivity index (χ0n) is 15.3. The SMILES string of the molecule is O=C(NCc1ccccn1)C(=O)NC[C@@H](c1cccs1)S(=O)(=O)c1ccccc1. The number of carbonyl (C=O) groups excluding carboxylic acids is 2. The molecule has 0 aliphatic heterocycles. The predicted octanol–water partition coefficient (Wildman–Crippen LogP) is 2.09. The van der Waals surface area contributed by atoms with Gasteiger partial charge in [-0.15, -0.1) is 11.3 Å². The topological polar surface area (TPSA) is 105 Å². The van der Waals surface area contributed by atoms with Crippen LogP contribution in [0, 0.1) is 0 Å². The van der Waals surface area contributed by atoms with Gasteiger partial charge in [0, 0.05) is 17.6 Å². The number of carbonyl (C=O) groups is 2. The summed E-state index contributed by atoms with van der Waals surface area (Å²) in [6.07, 6.45) is 1.58. The van der Waals surface area contributed by atoms with E-state index in [1.54, 1.807) is 60.1 Å². The van der Waals surface area contributed by atoms with Gasteiger partial charge in [-0.05, 0) is 35.7 Å². The summed E-state index contributed by atoms with van der Waals surface area (Å²) in [6, 6.07) is 16.7. The molecule has 3 rings (SSSR count). The largest absolute Gasteiger partial charge is 0.346 e. The van der Waals surface area contributed by atoms with Crippen molar-refractivity contribution in [3.8, 4) is 0 Å². The van der Waals surface area contributed by atoms with E-state index < -0.39 is 26.9 Å². The van der Waals surface area contributed by atoms with Crippen molar-refractivity contribution in [3.63, 3.8) is 0 Å². The molecule has 0 radical (unpaired) electrons. The van der Waals surface area contributed by atoms with Crippen LogP contribution in [0.4, 0.5) is 0 Å². The van der Waals surface area contributed by atoms with Crippen LogP contribution in [0.5, 0.6) is 0 Å². The summed E-state index contributed by atoms with van der Waals surface area (Å²) < 4.78 is 26.1. The van der Waals surface area contributed by atoms with Crippen LogP contribution < -0.4 is 10.6 Å². The highest BCUT2D eigenvalue weighted by Gasteiger charge is 2.31. The Bertz CT molecular complexity index is 1050. The summed E-state index contributed by atoms with van der Waals surface area (Å²) in [5, 5.41) is 5.69. The van der Waals surface area contributed by atoms with Crippen molar-refractivity contribution < 1.29 is 18.0 Å². The third-order valence-electron chi connectivity index (χ3n) is 4.12. The lowest BCUT2D eigenvalue weighted by Crippen LogP contribution is -2.42. The molecule has 0 spiro atoms. The van der Waals surface area contributed by atoms with Gasteiger partial charge >= 0.3 is 11.8 Å². The molecular weight excluding hydrogens is 410 g/mol. The van der Waals surface area contributed by atoms with Crippen LogP contribution >= 0.6 is 11.3 Å². The highest BCUT2D eigenvalue weighted by Crippen LogP contribution is 2.31. The number of nitrogens with one attached hydrogen (secondary N) is 2. The second kappa shape index (κ2) is 9.44. The number of pyridine rings is 1. The summed E-state index contributed by atoms with van der Waals surface area (Å²) >= 11 is 1.28. The van der Waals surface area contributed by atoms with Crippen LogP contribution in [0.1, 0.15) is 15.8 Å². The monoisotopic (exact) mass is 429 g/mol. The predicted molar refractivity (Wildman–Crippen MR) is 110 cm³/mol. The van der Waals surface area contributed by atoms with Crippen molar-refractivity contribution in [1.82, 2.24) is 15.6 Å². The number of thiophene rings is 1. The smallest absolute Gasteiger partial charge is 0.309 e. The van der Waals surface area contributed by atoms with Crippen molar-refractivity contribution in [3.05, 3.63) is 82.8 Å². The number of nitrogens with zero attached hydrogens (tertiary/aromatic N) is 1. The van der Waals surface area contributed by atoms with Crippen molar-refractivity contribution in [1.29, 1.82) is 0 Å². The van der Waals surface area contributed by atoms with E-state index >= 15 is 0 Å². The summed E-state index contributed by atoms with van der Waals surface area (Å²) in [7, 11) is -3.75. The second-order valence-electron chi connectivity index (χ2n) is 6.08. The quantitative estimate of drug-likeness (QED) is 0.560. The van der Waals surface area contributed by atoms with E-state index in [9.17, 15) is 18.0 Å². The average Bonchev–Trinajstić information content (AvgIpc) is 3.27. The molecule has 2 N–H and O–H groups in total. The summed E-state index contributed by atoms with van der Waals surface area (Å²) in [5.41, 5.74) is 0.608. The van der Waals surface area contributed by atoms with Gasteiger partial charge < -0.3 is 10.6 Å². The van der Waals surface area contributed by atoms with Gasteiger partial charge in [0.25, 0.3) is 0 Å². The van der Waals surface area contributed by atoms with Gasteiger partial charge in [-0.2, -0.15) is 0 Å². The Morgan fingerprint density at radius 3 is 2.31 bits per heavy atom. The Morgan fingerprint density at radius 1 is 0.931 bits per heavy atom. The first-order valence-corrected chi connectivity index (χ1v) is 11.2. The Kier molecular flexibility index (Phi) is 6.73. The Labute approximate surface area is 172 Å². The average molecular weight is 430 g/mol. The fourth-order valence-electron chi connectivity index (χ4n) is 2.63. The minimum absolute atomic E-state index is 0.101. The fourth-order valence-corrected chi connectivity index (χ4v) is 5.44. The Morgan fingerprint density at radius 2 is 1.66 bits per heavy atom. The van der Waals surface area contributed by atoms with E-state index in [0.717, 1.165) is 0 Å². The van der Waals surface area contributed by atoms with Gasteiger partial charge in [-0.3, -0.25) is 14.6 Å². The van der Waals surface area contributed by atoms with Crippen LogP contribution in [0.2, 0.25) is 0 Å². The molecule has 0 saturated heterocycles. The van der Waals surface area contributed by atoms with Crippen LogP contribution in [0.15, 0.2) is 77.1 Å². The van der Waals surface area contributed by atoms with Gasteiger partial charge in [-0.1, -0.05) is 30.3 Å². The van der Waals surface area contributed by atoms with E-state index in [0.29, 0.717) is 10.6 Å². The van der Waals surface area contributed by atoms with Gasteiger partial charge in [0.1, 0.15) is 5.25 Å². The molecule has 0 aliphatic carbocycles. The Balaban J connectivity index is 1.67. The molecule has 0 bridgehead atoms. The third-order valence-corrected chi connectivity index (χ3v) is 7.35. The molecule has 29 heavy (non-hydrogen) atoms. The highest BCUT2D eigenvalue weighted by molar-refractivity contribution is 7.91. The first kappa shape index (κ1) is 20.7. The van der Waals surface area contributed by atoms with E-state index in [4.69, 9.17) is 0 Å². The first-order valence-electron chi connectivity index (χ1n) is 8.77. The molecule has 9 heteroatoms. The molecular formula is C20H19N3O4S2. The van der Waals surface area contributed by atoms with Crippen LogP contribution in [0.3, 0.4) is 0 Å². The zero-order chi connectivity index (χ0) is 20.7. The normalized spacial score (nSPS) is 12.1. The Hall–Kier alpha value is -3.04. The lowest BCUT2D eigenvalue weighted by atomic mass is 10.3. The molecule has 2 aromatic heterocycles. The van der Waals surface area contributed by atoms with Crippen molar-refractivity contribution in [2.75, 3.05) is 6.54 Å².